The Morgan fingerprint density at radius 1 is 0.183 bits per heavy atom. The number of para-hydroxylation sites is 7. The van der Waals surface area contributed by atoms with E-state index in [1.54, 1.807) is 0 Å². The topological polar surface area (TPSA) is 162 Å². The summed E-state index contributed by atoms with van der Waals surface area (Å²) in [5, 5.41) is 9.30. The number of hydrogen-bond donors (Lipinski definition) is 0. The number of aromatic nitrogens is 15. The van der Waals surface area contributed by atoms with E-state index in [9.17, 15) is 0 Å². The van der Waals surface area contributed by atoms with Crippen molar-refractivity contribution in [3.05, 3.63) is 417 Å². The Balaban J connectivity index is 0.000000170. The fourth-order valence-corrected chi connectivity index (χ4v) is 20.1. The third kappa shape index (κ3) is 16.3. The van der Waals surface area contributed by atoms with E-state index in [1.807, 2.05) is 128 Å². The predicted octanol–water partition coefficient (Wildman–Crippen LogP) is 32.2. The Morgan fingerprint density at radius 2 is 0.415 bits per heavy atom. The highest BCUT2D eigenvalue weighted by molar-refractivity contribution is 6.15. The van der Waals surface area contributed by atoms with Crippen LogP contribution in [0.1, 0.15) is 120 Å². The lowest BCUT2D eigenvalue weighted by Gasteiger charge is -2.21. The van der Waals surface area contributed by atoms with Crippen LogP contribution in [0.2, 0.25) is 0 Å². The molecular formula is C127H109N15. The van der Waals surface area contributed by atoms with Crippen molar-refractivity contribution in [3.63, 3.8) is 0 Å². The first-order chi connectivity index (χ1) is 68.0. The molecule has 0 aliphatic carbocycles. The van der Waals surface area contributed by atoms with E-state index >= 15 is 0 Å². The van der Waals surface area contributed by atoms with Crippen molar-refractivity contribution < 1.29 is 0 Å². The highest BCUT2D eigenvalue weighted by Crippen LogP contribution is 2.50. The Bertz CT molecular complexity index is 8220. The van der Waals surface area contributed by atoms with Crippen LogP contribution in [0, 0.1) is 0 Å². The second-order valence-electron chi connectivity index (χ2n) is 40.2. The van der Waals surface area contributed by atoms with Gasteiger partial charge in [-0.1, -0.05) is 310 Å². The number of pyridine rings is 5. The van der Waals surface area contributed by atoms with Crippen molar-refractivity contribution >= 4 is 87.2 Å². The van der Waals surface area contributed by atoms with Gasteiger partial charge in [0, 0.05) is 130 Å². The first kappa shape index (κ1) is 91.3. The average molecular weight is 1850 g/mol. The first-order valence-electron chi connectivity index (χ1n) is 47.9. The molecule has 24 aromatic rings. The summed E-state index contributed by atoms with van der Waals surface area (Å²) in [6.07, 6.45) is 11.2. The monoisotopic (exact) mass is 1840 g/mol. The molecule has 0 saturated carbocycles. The lowest BCUT2D eigenvalue weighted by atomic mass is 9.85. The molecule has 0 atom stereocenters. The maximum atomic E-state index is 5.73. The molecule has 142 heavy (non-hydrogen) atoms. The van der Waals surface area contributed by atoms with Crippen LogP contribution in [-0.2, 0) is 21.7 Å². The summed E-state index contributed by atoms with van der Waals surface area (Å²) < 4.78 is 9.48. The van der Waals surface area contributed by atoms with E-state index in [0.29, 0.717) is 34.9 Å². The highest BCUT2D eigenvalue weighted by atomic mass is 15.1. The number of nitrogens with zero attached hydrogens (tertiary/aromatic N) is 15. The van der Waals surface area contributed by atoms with E-state index in [0.717, 1.165) is 167 Å². The van der Waals surface area contributed by atoms with Gasteiger partial charge in [0.1, 0.15) is 0 Å². The summed E-state index contributed by atoms with van der Waals surface area (Å²) >= 11 is 0. The second kappa shape index (κ2) is 36.3. The molecule has 11 aromatic heterocycles. The largest absolute Gasteiger partial charge is 0.308 e. The molecule has 15 heteroatoms. The molecule has 15 nitrogen and oxygen atoms in total. The minimum Gasteiger partial charge on any atom is -0.308 e. The smallest absolute Gasteiger partial charge is 0.166 e. The molecule has 0 unspecified atom stereocenters. The lowest BCUT2D eigenvalue weighted by molar-refractivity contribution is 0.590. The summed E-state index contributed by atoms with van der Waals surface area (Å²) in [5.74, 6) is 3.26. The number of fused-ring (bicyclic) bond motifs is 12. The fraction of sp³-hybridized carbons (Fsp3) is 0.142. The quantitative estimate of drug-likeness (QED) is 0.102. The average Bonchev–Trinajstić information content (AvgIpc) is 1.59. The van der Waals surface area contributed by atoms with Crippen molar-refractivity contribution in [1.29, 1.82) is 0 Å². The van der Waals surface area contributed by atoms with Crippen LogP contribution in [0.5, 0.6) is 0 Å². The van der Waals surface area contributed by atoms with Crippen molar-refractivity contribution in [2.75, 3.05) is 0 Å². The summed E-state index contributed by atoms with van der Waals surface area (Å²) in [7, 11) is 0. The third-order valence-corrected chi connectivity index (χ3v) is 27.2. The van der Waals surface area contributed by atoms with E-state index in [2.05, 4.69) is 373 Å². The van der Waals surface area contributed by atoms with Gasteiger partial charge in [0.15, 0.2) is 34.9 Å². The fourth-order valence-electron chi connectivity index (χ4n) is 20.1. The zero-order chi connectivity index (χ0) is 95.5. The summed E-state index contributed by atoms with van der Waals surface area (Å²) in [6.45, 7) is 27.4. The molecule has 24 rings (SSSR count). The summed E-state index contributed by atoms with van der Waals surface area (Å²) in [6, 6.07) is 126. The number of hydrogen-bond acceptors (Lipinski definition) is 11. The Kier molecular flexibility index (Phi) is 23.3. The molecular weight excluding hydrogens is 1740 g/mol. The molecule has 692 valence electrons. The van der Waals surface area contributed by atoms with E-state index in [4.69, 9.17) is 49.8 Å². The Labute approximate surface area is 827 Å². The van der Waals surface area contributed by atoms with Gasteiger partial charge in [-0.2, -0.15) is 0 Å². The zero-order valence-corrected chi connectivity index (χ0v) is 80.2. The third-order valence-electron chi connectivity index (χ3n) is 27.2. The van der Waals surface area contributed by atoms with Crippen LogP contribution in [0.3, 0.4) is 0 Å². The van der Waals surface area contributed by atoms with Crippen LogP contribution in [-0.4, -0.2) is 73.1 Å². The van der Waals surface area contributed by atoms with Crippen molar-refractivity contribution in [2.45, 2.75) is 120 Å². The number of rotatable bonds is 14. The van der Waals surface area contributed by atoms with Gasteiger partial charge >= 0.3 is 0 Å². The summed E-state index contributed by atoms with van der Waals surface area (Å²) in [5.41, 5.74) is 29.3. The first-order valence-corrected chi connectivity index (χ1v) is 47.9. The van der Waals surface area contributed by atoms with Gasteiger partial charge in [-0.05, 0) is 190 Å². The molecule has 0 aliphatic rings. The van der Waals surface area contributed by atoms with Crippen LogP contribution in [0.4, 0.5) is 0 Å². The summed E-state index contributed by atoms with van der Waals surface area (Å²) in [4.78, 5) is 57.5. The Morgan fingerprint density at radius 3 is 0.683 bits per heavy atom. The lowest BCUT2D eigenvalue weighted by Crippen LogP contribution is -2.10. The van der Waals surface area contributed by atoms with Crippen molar-refractivity contribution in [2.24, 2.45) is 0 Å². The molecule has 0 bridgehead atoms. The van der Waals surface area contributed by atoms with Crippen LogP contribution < -0.4 is 0 Å². The maximum Gasteiger partial charge on any atom is 0.166 e. The maximum absolute atomic E-state index is 5.73. The van der Waals surface area contributed by atoms with Gasteiger partial charge in [-0.3, -0.25) is 24.9 Å². The van der Waals surface area contributed by atoms with Crippen LogP contribution in [0.15, 0.2) is 395 Å². The minimum atomic E-state index is -0.0624. The molecule has 11 heterocycles. The van der Waals surface area contributed by atoms with E-state index in [1.165, 1.54) is 43.8 Å². The molecule has 0 aliphatic heterocycles. The van der Waals surface area contributed by atoms with Crippen LogP contribution >= 0.6 is 0 Å². The van der Waals surface area contributed by atoms with Crippen LogP contribution in [0.25, 0.3) is 223 Å². The molecule has 0 N–H and O–H groups in total. The number of benzene rings is 13. The van der Waals surface area contributed by atoms with Gasteiger partial charge in [0.05, 0.1) is 95.9 Å². The minimum absolute atomic E-state index is 0. The van der Waals surface area contributed by atoms with E-state index < -0.39 is 0 Å². The van der Waals surface area contributed by atoms with Crippen molar-refractivity contribution in [3.8, 4) is 136 Å². The second-order valence-corrected chi connectivity index (χ2v) is 40.2. The predicted molar refractivity (Wildman–Crippen MR) is 589 cm³/mol. The molecule has 0 spiro atoms. The van der Waals surface area contributed by atoms with Gasteiger partial charge in [0.2, 0.25) is 0 Å². The molecule has 0 saturated heterocycles. The van der Waals surface area contributed by atoms with Crippen molar-refractivity contribution in [1.82, 2.24) is 73.1 Å². The van der Waals surface area contributed by atoms with Gasteiger partial charge in [-0.25, -0.2) is 29.9 Å². The molecule has 0 amide bonds. The van der Waals surface area contributed by atoms with Gasteiger partial charge < -0.3 is 18.3 Å². The van der Waals surface area contributed by atoms with Gasteiger partial charge in [0.25, 0.3) is 0 Å². The standard InChI is InChI=1S/C71H67N7.C54H34N8.2CH4/c1-68(2,3)45-30-34-59-53(40-45)54-41-46(69(4,5)6)31-35-60(54)77(59)63-49(57-28-16-18-38-72-57)24-20-26-51(63)66-74-65(44-22-14-13-15-23-44)75-67(76-66)52-27-21-25-50(58-29-17-19-39-73-58)64(52)78-61-36-32-47(70(7,8)9)42-55(61)56-43-48(71(10,11)12)33-37-62(56)78;1-2-16-35(17-3-1)52-58-53(42-23-14-21-40(44-25-10-12-31-56-44)50(42)61-46-27-7-4-18-36(46)37-19-5-8-28-47(37)61)60-54(59-52)43-24-15-22-41(45-26-11-13-32-57-45)51(43)62-48-29-9-6-20-38(48)39-30-33-55-34-49(39)62;;/h13-43H,1-12H3;1-34H;2*1H4. The molecule has 0 radical (unpaired) electrons. The molecule has 13 aromatic carbocycles. The Hall–Kier alpha value is -17.2. The van der Waals surface area contributed by atoms with E-state index in [-0.39, 0.29) is 36.5 Å². The normalized spacial score (nSPS) is 12.0. The van der Waals surface area contributed by atoms with Gasteiger partial charge in [-0.15, -0.1) is 0 Å². The SMILES string of the molecule is C.C.CC(C)(C)c1ccc2c(c1)c1cc(C(C)(C)C)ccc1n2-c1c(-c2ccccn2)cccc1-c1nc(-c2ccccc2)nc(-c2cccc(-c3ccccn3)c2-n2c3ccc(C(C)(C)C)cc3c3cc(C(C)(C)C)ccc32)n1.c1ccc(-c2nc(-c3cccc(-c4ccccn4)c3-n3c4ccccc4c4ccccc43)nc(-c3cccc(-c4ccccn4)c3-n3c4ccccc4c4ccncc43)n2)cc1. The zero-order valence-electron chi connectivity index (χ0n) is 80.2. The molecule has 0 fully saturated rings. The highest BCUT2D eigenvalue weighted by Gasteiger charge is 2.33.